The maximum atomic E-state index is 12.3. The molecule has 19 heavy (non-hydrogen) atoms. The lowest BCUT2D eigenvalue weighted by molar-refractivity contribution is -0.0439. The number of nitrogen functional groups attached to an aromatic ring is 1. The topological polar surface area (TPSA) is 84.7 Å². The van der Waals surface area contributed by atoms with Gasteiger partial charge in [-0.25, -0.2) is 0 Å². The van der Waals surface area contributed by atoms with Crippen LogP contribution in [0.25, 0.3) is 0 Å². The maximum Gasteiger partial charge on any atom is 0.301 e. The van der Waals surface area contributed by atoms with E-state index in [2.05, 4.69) is 4.72 Å². The molecule has 0 amide bonds. The molecule has 1 saturated heterocycles. The number of nitrogens with one attached hydrogen (secondary N) is 1. The minimum Gasteiger partial charge on any atom is -0.399 e. The molecule has 0 bridgehead atoms. The molecule has 1 fully saturated rings. The Morgan fingerprint density at radius 2 is 1.95 bits per heavy atom. The molecule has 1 aromatic carbocycles. The summed E-state index contributed by atoms with van der Waals surface area (Å²) in [6, 6.07) is 6.67. The molecular formula is C12H19N3O3S. The summed E-state index contributed by atoms with van der Waals surface area (Å²) in [7, 11) is -3.57. The molecule has 0 aromatic heterocycles. The van der Waals surface area contributed by atoms with E-state index in [9.17, 15) is 8.42 Å². The Morgan fingerprint density at radius 3 is 2.53 bits per heavy atom. The molecule has 1 aliphatic heterocycles. The van der Waals surface area contributed by atoms with Gasteiger partial charge in [0.05, 0.1) is 17.9 Å². The van der Waals surface area contributed by atoms with Crippen LogP contribution < -0.4 is 10.5 Å². The zero-order valence-electron chi connectivity index (χ0n) is 11.0. The molecule has 3 N–H and O–H groups in total. The molecule has 2 atom stereocenters. The number of hydrogen-bond acceptors (Lipinski definition) is 4. The third-order valence-corrected chi connectivity index (χ3v) is 4.33. The number of anilines is 2. The van der Waals surface area contributed by atoms with Gasteiger partial charge in [0.25, 0.3) is 0 Å². The number of rotatable bonds is 3. The number of nitrogens with two attached hydrogens (primary N) is 1. The highest BCUT2D eigenvalue weighted by molar-refractivity contribution is 7.90. The van der Waals surface area contributed by atoms with E-state index in [0.29, 0.717) is 24.5 Å². The third-order valence-electron chi connectivity index (χ3n) is 2.86. The number of morpholine rings is 1. The van der Waals surface area contributed by atoms with E-state index >= 15 is 0 Å². The average Bonchev–Trinajstić information content (AvgIpc) is 2.26. The normalized spacial score (nSPS) is 25.2. The van der Waals surface area contributed by atoms with Crippen LogP contribution in [0.4, 0.5) is 11.4 Å². The third kappa shape index (κ3) is 3.59. The van der Waals surface area contributed by atoms with E-state index in [1.54, 1.807) is 24.3 Å². The predicted octanol–water partition coefficient (Wildman–Crippen LogP) is 1.03. The quantitative estimate of drug-likeness (QED) is 0.813. The summed E-state index contributed by atoms with van der Waals surface area (Å²) < 4.78 is 34.0. The highest BCUT2D eigenvalue weighted by Crippen LogP contribution is 2.18. The summed E-state index contributed by atoms with van der Waals surface area (Å²) in [5, 5.41) is 0. The zero-order valence-corrected chi connectivity index (χ0v) is 11.9. The standard InChI is InChI=1S/C12H19N3O3S/c1-9-7-15(8-10(2)18-9)19(16,17)14-12-5-3-4-11(13)6-12/h3-6,9-10,14H,7-8,13H2,1-2H3. The van der Waals surface area contributed by atoms with Crippen LogP contribution in [0.3, 0.4) is 0 Å². The average molecular weight is 285 g/mol. The first-order valence-electron chi connectivity index (χ1n) is 6.16. The lowest BCUT2D eigenvalue weighted by Gasteiger charge is -2.34. The van der Waals surface area contributed by atoms with Gasteiger partial charge in [-0.05, 0) is 32.0 Å². The van der Waals surface area contributed by atoms with Crippen LogP contribution in [-0.4, -0.2) is 38.0 Å². The molecule has 0 radical (unpaired) electrons. The summed E-state index contributed by atoms with van der Waals surface area (Å²) in [4.78, 5) is 0. The second-order valence-corrected chi connectivity index (χ2v) is 6.48. The SMILES string of the molecule is CC1CN(S(=O)(=O)Nc2cccc(N)c2)CC(C)O1. The molecule has 1 aromatic rings. The van der Waals surface area contributed by atoms with Crippen molar-refractivity contribution in [3.63, 3.8) is 0 Å². The minimum atomic E-state index is -3.57. The van der Waals surface area contributed by atoms with Gasteiger partial charge in [-0.2, -0.15) is 12.7 Å². The number of nitrogens with zero attached hydrogens (tertiary/aromatic N) is 1. The molecule has 1 aliphatic rings. The highest BCUT2D eigenvalue weighted by Gasteiger charge is 2.30. The van der Waals surface area contributed by atoms with Crippen molar-refractivity contribution in [1.82, 2.24) is 4.31 Å². The van der Waals surface area contributed by atoms with Crippen LogP contribution in [0.5, 0.6) is 0 Å². The van der Waals surface area contributed by atoms with Crippen molar-refractivity contribution < 1.29 is 13.2 Å². The maximum absolute atomic E-state index is 12.3. The summed E-state index contributed by atoms with van der Waals surface area (Å²) in [6.07, 6.45) is -0.220. The van der Waals surface area contributed by atoms with E-state index < -0.39 is 10.2 Å². The lowest BCUT2D eigenvalue weighted by Crippen LogP contribution is -2.49. The summed E-state index contributed by atoms with van der Waals surface area (Å²) in [5.41, 5.74) is 6.61. The fourth-order valence-electron chi connectivity index (χ4n) is 2.14. The van der Waals surface area contributed by atoms with Crippen LogP contribution in [0, 0.1) is 0 Å². The van der Waals surface area contributed by atoms with Crippen LogP contribution in [0.2, 0.25) is 0 Å². The Labute approximate surface area is 113 Å². The van der Waals surface area contributed by atoms with E-state index in [1.807, 2.05) is 13.8 Å². The van der Waals surface area contributed by atoms with Gasteiger partial charge in [-0.1, -0.05) is 6.07 Å². The Morgan fingerprint density at radius 1 is 1.32 bits per heavy atom. The fourth-order valence-corrected chi connectivity index (χ4v) is 3.51. The molecule has 2 rings (SSSR count). The molecule has 7 heteroatoms. The molecule has 0 aliphatic carbocycles. The number of hydrogen-bond donors (Lipinski definition) is 2. The number of ether oxygens (including phenoxy) is 1. The van der Waals surface area contributed by atoms with Crippen LogP contribution in [0.15, 0.2) is 24.3 Å². The molecular weight excluding hydrogens is 266 g/mol. The molecule has 2 unspecified atom stereocenters. The monoisotopic (exact) mass is 285 g/mol. The number of benzene rings is 1. The van der Waals surface area contributed by atoms with Crippen molar-refractivity contribution in [2.75, 3.05) is 23.5 Å². The highest BCUT2D eigenvalue weighted by atomic mass is 32.2. The van der Waals surface area contributed by atoms with Gasteiger partial charge in [0.2, 0.25) is 0 Å². The van der Waals surface area contributed by atoms with Crippen molar-refractivity contribution in [2.45, 2.75) is 26.1 Å². The summed E-state index contributed by atoms with van der Waals surface area (Å²) in [6.45, 7) is 4.42. The Bertz CT molecular complexity index is 537. The Kier molecular flexibility index (Phi) is 3.98. The zero-order chi connectivity index (χ0) is 14.0. The van der Waals surface area contributed by atoms with Gasteiger partial charge in [-0.3, -0.25) is 4.72 Å². The molecule has 1 heterocycles. The van der Waals surface area contributed by atoms with Crippen molar-refractivity contribution in [3.8, 4) is 0 Å². The second kappa shape index (κ2) is 5.36. The summed E-state index contributed by atoms with van der Waals surface area (Å²) >= 11 is 0. The van der Waals surface area contributed by atoms with E-state index in [-0.39, 0.29) is 12.2 Å². The van der Waals surface area contributed by atoms with Gasteiger partial charge in [0.15, 0.2) is 0 Å². The van der Waals surface area contributed by atoms with E-state index in [4.69, 9.17) is 10.5 Å². The lowest BCUT2D eigenvalue weighted by atomic mass is 10.3. The van der Waals surface area contributed by atoms with Gasteiger partial charge >= 0.3 is 10.2 Å². The van der Waals surface area contributed by atoms with E-state index in [1.165, 1.54) is 4.31 Å². The van der Waals surface area contributed by atoms with E-state index in [0.717, 1.165) is 0 Å². The van der Waals surface area contributed by atoms with Gasteiger partial charge < -0.3 is 10.5 Å². The Hall–Kier alpha value is -1.31. The molecule has 0 saturated carbocycles. The van der Waals surface area contributed by atoms with Crippen molar-refractivity contribution in [2.24, 2.45) is 0 Å². The van der Waals surface area contributed by atoms with Gasteiger partial charge in [0.1, 0.15) is 0 Å². The summed E-state index contributed by atoms with van der Waals surface area (Å²) in [5.74, 6) is 0. The fraction of sp³-hybridized carbons (Fsp3) is 0.500. The predicted molar refractivity (Wildman–Crippen MR) is 75.0 cm³/mol. The van der Waals surface area contributed by atoms with Crippen molar-refractivity contribution >= 4 is 21.6 Å². The minimum absolute atomic E-state index is 0.110. The van der Waals surface area contributed by atoms with Crippen molar-refractivity contribution in [3.05, 3.63) is 24.3 Å². The molecule has 106 valence electrons. The first-order chi connectivity index (χ1) is 8.87. The second-order valence-electron chi connectivity index (χ2n) is 4.81. The van der Waals surface area contributed by atoms with Crippen LogP contribution in [-0.2, 0) is 14.9 Å². The first kappa shape index (κ1) is 14.1. The smallest absolute Gasteiger partial charge is 0.301 e. The first-order valence-corrected chi connectivity index (χ1v) is 7.60. The van der Waals surface area contributed by atoms with Gasteiger partial charge in [0, 0.05) is 18.8 Å². The van der Waals surface area contributed by atoms with Crippen molar-refractivity contribution in [1.29, 1.82) is 0 Å². The largest absolute Gasteiger partial charge is 0.399 e. The van der Waals surface area contributed by atoms with Crippen LogP contribution >= 0.6 is 0 Å². The Balaban J connectivity index is 2.14. The van der Waals surface area contributed by atoms with Gasteiger partial charge in [-0.15, -0.1) is 0 Å². The molecule has 6 nitrogen and oxygen atoms in total. The molecule has 0 spiro atoms. The van der Waals surface area contributed by atoms with Crippen LogP contribution in [0.1, 0.15) is 13.8 Å².